The van der Waals surface area contributed by atoms with Crippen molar-refractivity contribution in [1.82, 2.24) is 10.6 Å². The Morgan fingerprint density at radius 1 is 0.667 bits per heavy atom. The Hall–Kier alpha value is -0.0800. The van der Waals surface area contributed by atoms with Gasteiger partial charge in [-0.25, -0.2) is 0 Å². The van der Waals surface area contributed by atoms with Crippen LogP contribution in [0.4, 0.5) is 0 Å². The average molecular weight is 256 g/mol. The van der Waals surface area contributed by atoms with E-state index in [1.807, 2.05) is 0 Å². The predicted octanol–water partition coefficient (Wildman–Crippen LogP) is 4.10. The van der Waals surface area contributed by atoms with E-state index < -0.39 is 0 Å². The molecule has 0 aromatic heterocycles. The first-order valence-electron chi connectivity index (χ1n) is 8.17. The van der Waals surface area contributed by atoms with Gasteiger partial charge in [0.25, 0.3) is 0 Å². The smallest absolute Gasteiger partial charge is 0.00793 e. The molecular formula is C16H36N2. The Bertz CT molecular complexity index is 141. The average Bonchev–Trinajstić information content (AvgIpc) is 2.35. The molecule has 110 valence electrons. The lowest BCUT2D eigenvalue weighted by molar-refractivity contribution is 0.447. The molecule has 0 spiro atoms. The summed E-state index contributed by atoms with van der Waals surface area (Å²) in [6, 6.07) is 1.35. The minimum atomic E-state index is 0.675. The van der Waals surface area contributed by atoms with Gasteiger partial charge in [-0.05, 0) is 26.7 Å². The van der Waals surface area contributed by atoms with Crippen LogP contribution in [0.1, 0.15) is 79.1 Å². The second-order valence-electron chi connectivity index (χ2n) is 5.70. The highest BCUT2D eigenvalue weighted by Gasteiger charge is 2.02. The molecule has 0 aliphatic carbocycles. The van der Waals surface area contributed by atoms with Gasteiger partial charge in [0.15, 0.2) is 0 Å². The van der Waals surface area contributed by atoms with Gasteiger partial charge in [-0.3, -0.25) is 0 Å². The summed E-state index contributed by atoms with van der Waals surface area (Å²) in [7, 11) is 0. The topological polar surface area (TPSA) is 24.1 Å². The Kier molecular flexibility index (Phi) is 13.3. The van der Waals surface area contributed by atoms with Crippen molar-refractivity contribution in [1.29, 1.82) is 0 Å². The zero-order valence-corrected chi connectivity index (χ0v) is 13.2. The van der Waals surface area contributed by atoms with Crippen molar-refractivity contribution in [3.63, 3.8) is 0 Å². The van der Waals surface area contributed by atoms with Gasteiger partial charge < -0.3 is 10.6 Å². The fourth-order valence-electron chi connectivity index (χ4n) is 2.24. The van der Waals surface area contributed by atoms with Crippen molar-refractivity contribution < 1.29 is 0 Å². The lowest BCUT2D eigenvalue weighted by Crippen LogP contribution is -2.36. The molecule has 0 aliphatic heterocycles. The van der Waals surface area contributed by atoms with Crippen molar-refractivity contribution in [3.8, 4) is 0 Å². The van der Waals surface area contributed by atoms with Gasteiger partial charge in [0.05, 0.1) is 0 Å². The molecule has 0 rings (SSSR count). The summed E-state index contributed by atoms with van der Waals surface area (Å²) in [6.07, 6.45) is 10.8. The molecule has 0 radical (unpaired) electrons. The number of nitrogens with one attached hydrogen (secondary N) is 2. The molecule has 0 fully saturated rings. The summed E-state index contributed by atoms with van der Waals surface area (Å²) in [5.74, 6) is 0. The molecular weight excluding hydrogens is 220 g/mol. The second-order valence-corrected chi connectivity index (χ2v) is 5.70. The molecule has 0 aromatic carbocycles. The van der Waals surface area contributed by atoms with Crippen molar-refractivity contribution in [2.45, 2.75) is 91.1 Å². The summed E-state index contributed by atoms with van der Waals surface area (Å²) < 4.78 is 0. The lowest BCUT2D eigenvalue weighted by atomic mass is 10.1. The Balaban J connectivity index is 3.27. The van der Waals surface area contributed by atoms with Crippen LogP contribution in [0.5, 0.6) is 0 Å². The molecule has 0 bridgehead atoms. The van der Waals surface area contributed by atoms with E-state index >= 15 is 0 Å². The second kappa shape index (κ2) is 13.4. The first-order valence-corrected chi connectivity index (χ1v) is 8.17. The van der Waals surface area contributed by atoms with Crippen LogP contribution < -0.4 is 10.6 Å². The molecule has 0 unspecified atom stereocenters. The largest absolute Gasteiger partial charge is 0.313 e. The van der Waals surface area contributed by atoms with Gasteiger partial charge >= 0.3 is 0 Å². The van der Waals surface area contributed by atoms with Crippen molar-refractivity contribution in [2.75, 3.05) is 13.1 Å². The molecule has 2 N–H and O–H groups in total. The SMILES string of the molecule is CCCCC[C@H](C)NCCN[C@@H](C)CCCCC. The van der Waals surface area contributed by atoms with Gasteiger partial charge in [-0.2, -0.15) is 0 Å². The van der Waals surface area contributed by atoms with Crippen LogP contribution in [0, 0.1) is 0 Å². The van der Waals surface area contributed by atoms with Crippen LogP contribution in [0.15, 0.2) is 0 Å². The van der Waals surface area contributed by atoms with E-state index in [2.05, 4.69) is 38.3 Å². The van der Waals surface area contributed by atoms with Crippen molar-refractivity contribution >= 4 is 0 Å². The van der Waals surface area contributed by atoms with Crippen molar-refractivity contribution in [3.05, 3.63) is 0 Å². The maximum absolute atomic E-state index is 3.60. The highest BCUT2D eigenvalue weighted by Crippen LogP contribution is 2.03. The van der Waals surface area contributed by atoms with E-state index in [1.54, 1.807) is 0 Å². The molecule has 0 amide bonds. The van der Waals surface area contributed by atoms with Crippen LogP contribution in [0.25, 0.3) is 0 Å². The highest BCUT2D eigenvalue weighted by molar-refractivity contribution is 4.65. The molecule has 0 saturated heterocycles. The van der Waals surface area contributed by atoms with Crippen LogP contribution in [-0.4, -0.2) is 25.2 Å². The number of hydrogen-bond acceptors (Lipinski definition) is 2. The van der Waals surface area contributed by atoms with E-state index in [0.29, 0.717) is 12.1 Å². The van der Waals surface area contributed by atoms with E-state index in [0.717, 1.165) is 13.1 Å². The summed E-state index contributed by atoms with van der Waals surface area (Å²) >= 11 is 0. The first-order chi connectivity index (χ1) is 8.70. The third-order valence-electron chi connectivity index (χ3n) is 3.59. The summed E-state index contributed by atoms with van der Waals surface area (Å²) in [4.78, 5) is 0. The van der Waals surface area contributed by atoms with Crippen molar-refractivity contribution in [2.24, 2.45) is 0 Å². The third kappa shape index (κ3) is 12.4. The maximum atomic E-state index is 3.60. The van der Waals surface area contributed by atoms with Gasteiger partial charge in [0.1, 0.15) is 0 Å². The van der Waals surface area contributed by atoms with E-state index in [9.17, 15) is 0 Å². The van der Waals surface area contributed by atoms with Gasteiger partial charge in [-0.1, -0.05) is 52.4 Å². The summed E-state index contributed by atoms with van der Waals surface area (Å²) in [5, 5.41) is 7.20. The Labute approximate surface area is 115 Å². The zero-order valence-electron chi connectivity index (χ0n) is 13.2. The normalized spacial score (nSPS) is 14.7. The Morgan fingerprint density at radius 3 is 1.39 bits per heavy atom. The first kappa shape index (κ1) is 17.9. The highest BCUT2D eigenvalue weighted by atomic mass is 15.0. The monoisotopic (exact) mass is 256 g/mol. The number of unbranched alkanes of at least 4 members (excludes halogenated alkanes) is 4. The summed E-state index contributed by atoms with van der Waals surface area (Å²) in [5.41, 5.74) is 0. The molecule has 18 heavy (non-hydrogen) atoms. The summed E-state index contributed by atoms with van der Waals surface area (Å²) in [6.45, 7) is 11.3. The fourth-order valence-corrected chi connectivity index (χ4v) is 2.24. The zero-order chi connectivity index (χ0) is 13.6. The fraction of sp³-hybridized carbons (Fsp3) is 1.00. The Morgan fingerprint density at radius 2 is 1.06 bits per heavy atom. The predicted molar refractivity (Wildman–Crippen MR) is 83.2 cm³/mol. The van der Waals surface area contributed by atoms with Crippen LogP contribution in [0.2, 0.25) is 0 Å². The molecule has 0 saturated carbocycles. The third-order valence-corrected chi connectivity index (χ3v) is 3.59. The molecule has 2 atom stereocenters. The molecule has 0 heterocycles. The molecule has 0 aliphatic rings. The van der Waals surface area contributed by atoms with E-state index in [1.165, 1.54) is 51.4 Å². The molecule has 2 nitrogen and oxygen atoms in total. The van der Waals surface area contributed by atoms with E-state index in [-0.39, 0.29) is 0 Å². The van der Waals surface area contributed by atoms with Crippen LogP contribution in [-0.2, 0) is 0 Å². The van der Waals surface area contributed by atoms with Gasteiger partial charge in [0, 0.05) is 25.2 Å². The van der Waals surface area contributed by atoms with Gasteiger partial charge in [0.2, 0.25) is 0 Å². The molecule has 2 heteroatoms. The minimum Gasteiger partial charge on any atom is -0.313 e. The van der Waals surface area contributed by atoms with Crippen LogP contribution in [0.3, 0.4) is 0 Å². The lowest BCUT2D eigenvalue weighted by Gasteiger charge is -2.16. The standard InChI is InChI=1S/C16H36N2/c1-5-7-9-11-15(3)17-13-14-18-16(4)12-10-8-6-2/h15-18H,5-14H2,1-4H3/t15-,16-/m0/s1. The minimum absolute atomic E-state index is 0.675. The number of hydrogen-bond donors (Lipinski definition) is 2. The van der Waals surface area contributed by atoms with Crippen LogP contribution >= 0.6 is 0 Å². The maximum Gasteiger partial charge on any atom is 0.00793 e. The quantitative estimate of drug-likeness (QED) is 0.485. The van der Waals surface area contributed by atoms with Gasteiger partial charge in [-0.15, -0.1) is 0 Å². The van der Waals surface area contributed by atoms with E-state index in [4.69, 9.17) is 0 Å². The molecule has 0 aromatic rings. The number of rotatable bonds is 13.